The number of carbonyl (C=O) groups excluding carboxylic acids is 1. The van der Waals surface area contributed by atoms with Crippen LogP contribution in [0.1, 0.15) is 23.5 Å². The van der Waals surface area contributed by atoms with E-state index in [-0.39, 0.29) is 24.2 Å². The van der Waals surface area contributed by atoms with Gasteiger partial charge in [-0.25, -0.2) is 4.39 Å². The van der Waals surface area contributed by atoms with Crippen LogP contribution in [-0.2, 0) is 4.79 Å². The van der Waals surface area contributed by atoms with E-state index in [1.807, 2.05) is 60.7 Å². The van der Waals surface area contributed by atoms with E-state index in [9.17, 15) is 9.18 Å². The van der Waals surface area contributed by atoms with E-state index < -0.39 is 0 Å². The second-order valence-corrected chi connectivity index (χ2v) is 8.25. The van der Waals surface area contributed by atoms with E-state index in [4.69, 9.17) is 4.74 Å². The van der Waals surface area contributed by atoms with Crippen LogP contribution in [0.4, 0.5) is 4.39 Å². The summed E-state index contributed by atoms with van der Waals surface area (Å²) in [6.45, 7) is 0.566. The third-order valence-corrected chi connectivity index (χ3v) is 5.79. The van der Waals surface area contributed by atoms with E-state index in [1.54, 1.807) is 24.3 Å². The first kappa shape index (κ1) is 23.2. The largest absolute Gasteiger partial charge is 0.475 e. The molecular formula is C28H24FN5O2. The minimum absolute atomic E-state index is 0.0348. The molecule has 2 aromatic heterocycles. The maximum atomic E-state index is 13.6. The first-order valence-electron chi connectivity index (χ1n) is 11.7. The van der Waals surface area contributed by atoms with E-state index in [0.717, 1.165) is 11.1 Å². The summed E-state index contributed by atoms with van der Waals surface area (Å²) in [6.07, 6.45) is 0.329. The molecule has 0 bridgehead atoms. The zero-order valence-electron chi connectivity index (χ0n) is 19.4. The molecule has 0 radical (unpaired) electrons. The van der Waals surface area contributed by atoms with Crippen LogP contribution in [0.5, 0.6) is 5.88 Å². The molecule has 8 heteroatoms. The average Bonchev–Trinajstić information content (AvgIpc) is 3.34. The summed E-state index contributed by atoms with van der Waals surface area (Å²) in [4.78, 5) is 12.7. The van der Waals surface area contributed by atoms with Crippen LogP contribution in [0.3, 0.4) is 0 Å². The van der Waals surface area contributed by atoms with E-state index in [2.05, 4.69) is 20.6 Å². The van der Waals surface area contributed by atoms with Gasteiger partial charge in [-0.3, -0.25) is 4.79 Å². The van der Waals surface area contributed by atoms with E-state index in [1.165, 1.54) is 16.6 Å². The summed E-state index contributed by atoms with van der Waals surface area (Å²) < 4.78 is 20.9. The molecule has 0 spiro atoms. The highest BCUT2D eigenvalue weighted by atomic mass is 19.1. The number of hydrogen-bond acceptors (Lipinski definition) is 5. The van der Waals surface area contributed by atoms with Gasteiger partial charge in [-0.05, 0) is 29.3 Å². The number of nitrogens with one attached hydrogen (secondary N) is 1. The molecule has 0 saturated heterocycles. The van der Waals surface area contributed by atoms with Gasteiger partial charge < -0.3 is 10.1 Å². The first-order valence-corrected chi connectivity index (χ1v) is 11.7. The Morgan fingerprint density at radius 1 is 0.889 bits per heavy atom. The van der Waals surface area contributed by atoms with Crippen LogP contribution in [0.2, 0.25) is 0 Å². The third-order valence-electron chi connectivity index (χ3n) is 5.79. The summed E-state index contributed by atoms with van der Waals surface area (Å²) in [7, 11) is 0. The zero-order chi connectivity index (χ0) is 24.7. The van der Waals surface area contributed by atoms with Crippen LogP contribution in [-0.4, -0.2) is 38.9 Å². The van der Waals surface area contributed by atoms with Crippen molar-refractivity contribution in [2.24, 2.45) is 0 Å². The van der Waals surface area contributed by atoms with Gasteiger partial charge in [0.25, 0.3) is 0 Å². The maximum Gasteiger partial charge on any atom is 0.231 e. The topological polar surface area (TPSA) is 81.4 Å². The van der Waals surface area contributed by atoms with Crippen molar-refractivity contribution >= 4 is 11.6 Å². The second kappa shape index (κ2) is 10.8. The zero-order valence-corrected chi connectivity index (χ0v) is 19.4. The van der Waals surface area contributed by atoms with Crippen molar-refractivity contribution in [3.63, 3.8) is 0 Å². The molecule has 0 saturated carbocycles. The second-order valence-electron chi connectivity index (χ2n) is 8.25. The minimum atomic E-state index is -0.367. The maximum absolute atomic E-state index is 13.6. The molecule has 0 fully saturated rings. The van der Waals surface area contributed by atoms with Gasteiger partial charge >= 0.3 is 0 Å². The van der Waals surface area contributed by atoms with Gasteiger partial charge in [0.05, 0.1) is 6.54 Å². The van der Waals surface area contributed by atoms with Crippen molar-refractivity contribution in [1.29, 1.82) is 0 Å². The smallest absolute Gasteiger partial charge is 0.231 e. The number of amides is 1. The molecule has 5 aromatic rings. The molecule has 2 heterocycles. The number of rotatable bonds is 9. The summed E-state index contributed by atoms with van der Waals surface area (Å²) in [5.41, 5.74) is 3.26. The molecule has 0 atom stereocenters. The number of halogens is 1. The summed E-state index contributed by atoms with van der Waals surface area (Å²) in [5, 5.41) is 15.5. The lowest BCUT2D eigenvalue weighted by Crippen LogP contribution is -2.29. The summed E-state index contributed by atoms with van der Waals surface area (Å²) >= 11 is 0. The number of ether oxygens (including phenoxy) is 1. The number of hydrogen-bond donors (Lipinski definition) is 1. The van der Waals surface area contributed by atoms with Gasteiger partial charge in [0.1, 0.15) is 12.4 Å². The average molecular weight is 482 g/mol. The monoisotopic (exact) mass is 481 g/mol. The lowest BCUT2D eigenvalue weighted by molar-refractivity contribution is -0.121. The van der Waals surface area contributed by atoms with Gasteiger partial charge in [0.2, 0.25) is 11.8 Å². The molecule has 0 unspecified atom stereocenters. The summed E-state index contributed by atoms with van der Waals surface area (Å²) in [6, 6.07) is 29.5. The first-order chi connectivity index (χ1) is 17.7. The Balaban J connectivity index is 1.20. The molecule has 5 rings (SSSR count). The Bertz CT molecular complexity index is 1420. The number of aromatic nitrogens is 4. The highest BCUT2D eigenvalue weighted by Gasteiger charge is 2.18. The number of benzene rings is 3. The lowest BCUT2D eigenvalue weighted by Gasteiger charge is -2.18. The van der Waals surface area contributed by atoms with Crippen molar-refractivity contribution < 1.29 is 13.9 Å². The number of fused-ring (bicyclic) bond motifs is 1. The van der Waals surface area contributed by atoms with Gasteiger partial charge in [0.15, 0.2) is 11.5 Å². The molecule has 180 valence electrons. The van der Waals surface area contributed by atoms with Crippen molar-refractivity contribution in [2.45, 2.75) is 12.3 Å². The Morgan fingerprint density at radius 3 is 2.31 bits per heavy atom. The van der Waals surface area contributed by atoms with E-state index >= 15 is 0 Å². The number of carbonyl (C=O) groups is 1. The molecule has 0 aliphatic carbocycles. The Labute approximate surface area is 207 Å². The highest BCUT2D eigenvalue weighted by molar-refractivity contribution is 5.77. The fourth-order valence-corrected chi connectivity index (χ4v) is 4.06. The Morgan fingerprint density at radius 2 is 1.61 bits per heavy atom. The minimum Gasteiger partial charge on any atom is -0.475 e. The van der Waals surface area contributed by atoms with Crippen LogP contribution >= 0.6 is 0 Å². The standard InChI is InChI=1S/C28H24FN5O2/c29-23-13-7-12-22(18-23)28-32-31-25-14-15-27(33-34(25)28)36-17-16-30-26(35)19-24(20-8-3-1-4-9-20)21-10-5-2-6-11-21/h1-15,18,24H,16-17,19H2,(H,30,35). The predicted octanol–water partition coefficient (Wildman–Crippen LogP) is 4.65. The van der Waals surface area contributed by atoms with Crippen LogP contribution < -0.4 is 10.1 Å². The quantitative estimate of drug-likeness (QED) is 0.310. The van der Waals surface area contributed by atoms with Crippen molar-refractivity contribution in [3.8, 4) is 17.3 Å². The fourth-order valence-electron chi connectivity index (χ4n) is 4.06. The summed E-state index contributed by atoms with van der Waals surface area (Å²) in [5.74, 6) is 0.297. The molecule has 1 N–H and O–H groups in total. The fraction of sp³-hybridized carbons (Fsp3) is 0.143. The van der Waals surface area contributed by atoms with Crippen molar-refractivity contribution in [3.05, 3.63) is 114 Å². The van der Waals surface area contributed by atoms with Crippen molar-refractivity contribution in [2.75, 3.05) is 13.2 Å². The van der Waals surface area contributed by atoms with Gasteiger partial charge in [-0.2, -0.15) is 4.52 Å². The lowest BCUT2D eigenvalue weighted by atomic mass is 9.88. The molecule has 0 aliphatic rings. The Hall–Kier alpha value is -4.59. The van der Waals surface area contributed by atoms with E-state index in [0.29, 0.717) is 35.9 Å². The highest BCUT2D eigenvalue weighted by Crippen LogP contribution is 2.27. The van der Waals surface area contributed by atoms with Crippen LogP contribution in [0.25, 0.3) is 17.0 Å². The van der Waals surface area contributed by atoms with Crippen LogP contribution in [0, 0.1) is 5.82 Å². The van der Waals surface area contributed by atoms with Crippen LogP contribution in [0.15, 0.2) is 97.1 Å². The third kappa shape index (κ3) is 5.38. The Kier molecular flexibility index (Phi) is 6.93. The molecule has 7 nitrogen and oxygen atoms in total. The van der Waals surface area contributed by atoms with Crippen molar-refractivity contribution in [1.82, 2.24) is 25.1 Å². The molecule has 36 heavy (non-hydrogen) atoms. The van der Waals surface area contributed by atoms with Gasteiger partial charge in [-0.15, -0.1) is 15.3 Å². The molecular weight excluding hydrogens is 457 g/mol. The van der Waals surface area contributed by atoms with Gasteiger partial charge in [-0.1, -0.05) is 72.8 Å². The SMILES string of the molecule is O=C(CC(c1ccccc1)c1ccccc1)NCCOc1ccc2nnc(-c3cccc(F)c3)n2n1. The number of nitrogens with zero attached hydrogens (tertiary/aromatic N) is 4. The molecule has 1 amide bonds. The molecule has 3 aromatic carbocycles. The normalized spacial score (nSPS) is 11.1. The predicted molar refractivity (Wildman–Crippen MR) is 134 cm³/mol. The molecule has 0 aliphatic heterocycles. The van der Waals surface area contributed by atoms with Gasteiger partial charge in [0, 0.05) is 24.0 Å².